The van der Waals surface area contributed by atoms with E-state index in [1.54, 1.807) is 37.5 Å². The number of allylic oxidation sites excluding steroid dienone is 1. The van der Waals surface area contributed by atoms with Gasteiger partial charge in [0.1, 0.15) is 5.75 Å². The Morgan fingerprint density at radius 1 is 1.20 bits per heavy atom. The zero-order valence-corrected chi connectivity index (χ0v) is 11.2. The van der Waals surface area contributed by atoms with Crippen LogP contribution < -0.4 is 4.74 Å². The van der Waals surface area contributed by atoms with E-state index >= 15 is 0 Å². The smallest absolute Gasteiger partial charge is 0.185 e. The maximum absolute atomic E-state index is 12.0. The molecule has 0 saturated carbocycles. The number of aliphatic hydroxyl groups excluding tert-OH is 1. The third-order valence-corrected chi connectivity index (χ3v) is 2.95. The molecule has 0 bridgehead atoms. The maximum atomic E-state index is 12.0. The molecule has 0 heterocycles. The van der Waals surface area contributed by atoms with Crippen molar-refractivity contribution in [1.82, 2.24) is 0 Å². The van der Waals surface area contributed by atoms with Gasteiger partial charge in [-0.1, -0.05) is 42.5 Å². The quantitative estimate of drug-likeness (QED) is 0.669. The predicted octanol–water partition coefficient (Wildman–Crippen LogP) is 3.08. The molecular formula is C17H16O3. The van der Waals surface area contributed by atoms with Gasteiger partial charge in [-0.2, -0.15) is 0 Å². The van der Waals surface area contributed by atoms with Gasteiger partial charge < -0.3 is 9.84 Å². The minimum Gasteiger partial charge on any atom is -0.496 e. The lowest BCUT2D eigenvalue weighted by atomic mass is 10.1. The van der Waals surface area contributed by atoms with Crippen molar-refractivity contribution < 1.29 is 14.6 Å². The van der Waals surface area contributed by atoms with Crippen LogP contribution in [0.1, 0.15) is 21.5 Å². The number of aliphatic hydroxyl groups is 1. The summed E-state index contributed by atoms with van der Waals surface area (Å²) in [6.45, 7) is -0.0384. The second kappa shape index (κ2) is 6.68. The first-order chi connectivity index (χ1) is 9.74. The molecule has 0 amide bonds. The van der Waals surface area contributed by atoms with Crippen LogP contribution in [0.4, 0.5) is 0 Å². The average Bonchev–Trinajstić information content (AvgIpc) is 2.53. The van der Waals surface area contributed by atoms with Crippen molar-refractivity contribution in [3.63, 3.8) is 0 Å². The number of benzene rings is 2. The van der Waals surface area contributed by atoms with Crippen molar-refractivity contribution in [2.75, 3.05) is 7.11 Å². The molecule has 20 heavy (non-hydrogen) atoms. The molecule has 2 aromatic rings. The molecule has 0 spiro atoms. The zero-order valence-electron chi connectivity index (χ0n) is 11.2. The van der Waals surface area contributed by atoms with E-state index in [2.05, 4.69) is 0 Å². The fourth-order valence-electron chi connectivity index (χ4n) is 1.86. The minimum atomic E-state index is -0.0566. The summed E-state index contributed by atoms with van der Waals surface area (Å²) in [6.07, 6.45) is 3.24. The largest absolute Gasteiger partial charge is 0.496 e. The summed E-state index contributed by atoms with van der Waals surface area (Å²) in [5.41, 5.74) is 2.22. The maximum Gasteiger partial charge on any atom is 0.185 e. The molecule has 0 atom stereocenters. The highest BCUT2D eigenvalue weighted by molar-refractivity contribution is 6.06. The van der Waals surface area contributed by atoms with Crippen LogP contribution in [0.15, 0.2) is 54.6 Å². The average molecular weight is 268 g/mol. The number of hydrogen-bond donors (Lipinski definition) is 1. The second-order valence-electron chi connectivity index (χ2n) is 4.30. The van der Waals surface area contributed by atoms with Gasteiger partial charge in [0, 0.05) is 11.1 Å². The monoisotopic (exact) mass is 268 g/mol. The number of rotatable bonds is 5. The van der Waals surface area contributed by atoms with Crippen molar-refractivity contribution >= 4 is 11.9 Å². The number of methoxy groups -OCH3 is 1. The molecule has 0 unspecified atom stereocenters. The van der Waals surface area contributed by atoms with E-state index in [1.165, 1.54) is 6.08 Å². The normalized spacial score (nSPS) is 10.7. The van der Waals surface area contributed by atoms with E-state index in [4.69, 9.17) is 9.84 Å². The molecule has 102 valence electrons. The first-order valence-electron chi connectivity index (χ1n) is 6.30. The van der Waals surface area contributed by atoms with Crippen LogP contribution in [-0.2, 0) is 6.61 Å². The molecule has 0 saturated heterocycles. The number of carbonyl (C=O) groups excluding carboxylic acids is 1. The zero-order chi connectivity index (χ0) is 14.4. The predicted molar refractivity (Wildman–Crippen MR) is 78.7 cm³/mol. The van der Waals surface area contributed by atoms with E-state index in [-0.39, 0.29) is 12.4 Å². The highest BCUT2D eigenvalue weighted by Crippen LogP contribution is 2.22. The lowest BCUT2D eigenvalue weighted by molar-refractivity contribution is 0.104. The first-order valence-corrected chi connectivity index (χ1v) is 6.30. The molecule has 1 N–H and O–H groups in total. The van der Waals surface area contributed by atoms with E-state index in [0.717, 1.165) is 11.1 Å². The van der Waals surface area contributed by atoms with Gasteiger partial charge in [-0.25, -0.2) is 0 Å². The van der Waals surface area contributed by atoms with E-state index in [0.29, 0.717) is 11.3 Å². The Labute approximate surface area is 118 Å². The highest BCUT2D eigenvalue weighted by atomic mass is 16.5. The van der Waals surface area contributed by atoms with Crippen LogP contribution in [0.2, 0.25) is 0 Å². The number of ketones is 1. The summed E-state index contributed by atoms with van der Waals surface area (Å²) >= 11 is 0. The molecule has 2 aromatic carbocycles. The topological polar surface area (TPSA) is 46.5 Å². The molecule has 0 aromatic heterocycles. The minimum absolute atomic E-state index is 0.0384. The van der Waals surface area contributed by atoms with Gasteiger partial charge >= 0.3 is 0 Å². The highest BCUT2D eigenvalue weighted by Gasteiger charge is 2.03. The summed E-state index contributed by atoms with van der Waals surface area (Å²) in [6, 6.07) is 14.5. The molecule has 0 aliphatic carbocycles. The fourth-order valence-corrected chi connectivity index (χ4v) is 1.86. The Bertz CT molecular complexity index is 615. The lowest BCUT2D eigenvalue weighted by Crippen LogP contribution is -1.94. The van der Waals surface area contributed by atoms with Crippen molar-refractivity contribution in [3.05, 3.63) is 71.3 Å². The van der Waals surface area contributed by atoms with Gasteiger partial charge in [0.05, 0.1) is 13.7 Å². The van der Waals surface area contributed by atoms with Gasteiger partial charge in [-0.05, 0) is 23.8 Å². The number of hydrogen-bond acceptors (Lipinski definition) is 3. The molecule has 0 aliphatic rings. The summed E-state index contributed by atoms with van der Waals surface area (Å²) in [4.78, 5) is 12.0. The Morgan fingerprint density at radius 2 is 1.95 bits per heavy atom. The lowest BCUT2D eigenvalue weighted by Gasteiger charge is -2.06. The van der Waals surface area contributed by atoms with Gasteiger partial charge in [-0.15, -0.1) is 0 Å². The van der Waals surface area contributed by atoms with Crippen LogP contribution >= 0.6 is 0 Å². The molecule has 0 radical (unpaired) electrons. The second-order valence-corrected chi connectivity index (χ2v) is 4.30. The van der Waals surface area contributed by atoms with Crippen LogP contribution in [0.25, 0.3) is 6.08 Å². The molecule has 2 rings (SSSR count). The molecule has 3 nitrogen and oxygen atoms in total. The Hall–Kier alpha value is -2.39. The Balaban J connectivity index is 2.21. The molecular weight excluding hydrogens is 252 g/mol. The Kier molecular flexibility index (Phi) is 4.69. The van der Waals surface area contributed by atoms with Crippen LogP contribution in [0, 0.1) is 0 Å². The number of ether oxygens (including phenoxy) is 1. The molecule has 3 heteroatoms. The standard InChI is InChI=1S/C17H16O3/c1-20-17-11-13(12-18)7-8-15(17)9-10-16(19)14-5-3-2-4-6-14/h2-11,18H,12H2,1H3/b10-9+. The van der Waals surface area contributed by atoms with E-state index in [9.17, 15) is 4.79 Å². The van der Waals surface area contributed by atoms with Gasteiger partial charge in [0.15, 0.2) is 5.78 Å². The van der Waals surface area contributed by atoms with Crippen LogP contribution in [0.3, 0.4) is 0 Å². The molecule has 0 aliphatic heterocycles. The summed E-state index contributed by atoms with van der Waals surface area (Å²) < 4.78 is 5.25. The van der Waals surface area contributed by atoms with Crippen LogP contribution in [-0.4, -0.2) is 18.0 Å². The summed E-state index contributed by atoms with van der Waals surface area (Å²) in [5.74, 6) is 0.576. The third-order valence-electron chi connectivity index (χ3n) is 2.95. The van der Waals surface area contributed by atoms with Gasteiger partial charge in [-0.3, -0.25) is 4.79 Å². The van der Waals surface area contributed by atoms with E-state index < -0.39 is 0 Å². The SMILES string of the molecule is COc1cc(CO)ccc1/C=C/C(=O)c1ccccc1. The van der Waals surface area contributed by atoms with E-state index in [1.807, 2.05) is 24.3 Å². The van der Waals surface area contributed by atoms with Crippen molar-refractivity contribution in [1.29, 1.82) is 0 Å². The summed E-state index contributed by atoms with van der Waals surface area (Å²) in [7, 11) is 1.56. The number of carbonyl (C=O) groups is 1. The van der Waals surface area contributed by atoms with Crippen LogP contribution in [0.5, 0.6) is 5.75 Å². The van der Waals surface area contributed by atoms with Crippen molar-refractivity contribution in [2.45, 2.75) is 6.61 Å². The molecule has 0 fully saturated rings. The van der Waals surface area contributed by atoms with Gasteiger partial charge in [0.2, 0.25) is 0 Å². The Morgan fingerprint density at radius 3 is 2.60 bits per heavy atom. The summed E-state index contributed by atoms with van der Waals surface area (Å²) in [5, 5.41) is 9.09. The third kappa shape index (κ3) is 3.33. The first kappa shape index (κ1) is 14.0. The van der Waals surface area contributed by atoms with Gasteiger partial charge in [0.25, 0.3) is 0 Å². The van der Waals surface area contributed by atoms with Crippen molar-refractivity contribution in [3.8, 4) is 5.75 Å². The fraction of sp³-hybridized carbons (Fsp3) is 0.118. The van der Waals surface area contributed by atoms with Crippen molar-refractivity contribution in [2.24, 2.45) is 0 Å².